The Morgan fingerprint density at radius 1 is 1.45 bits per heavy atom. The Morgan fingerprint density at radius 2 is 2.18 bits per heavy atom. The van der Waals surface area contributed by atoms with Crippen LogP contribution in [0, 0.1) is 5.82 Å². The lowest BCUT2D eigenvalue weighted by Gasteiger charge is -2.06. The van der Waals surface area contributed by atoms with Gasteiger partial charge in [0.2, 0.25) is 4.80 Å². The third-order valence-corrected chi connectivity index (χ3v) is 3.58. The fraction of sp³-hybridized carbons (Fsp3) is 0.333. The van der Waals surface area contributed by atoms with Crippen LogP contribution >= 0.6 is 22.9 Å². The number of rotatable bonds is 5. The standard InChI is InChI=1S/C12H11ClF3N3O2S/c1-3-20-9-5-8(7(14)4-6(9)13)17-11-19(2)18-12(22-11)21-10(15)16/h4-5,10H,3H2,1-2H3. The van der Waals surface area contributed by atoms with Crippen molar-refractivity contribution in [2.75, 3.05) is 6.61 Å². The van der Waals surface area contributed by atoms with Crippen molar-refractivity contribution in [3.63, 3.8) is 0 Å². The van der Waals surface area contributed by atoms with Crippen molar-refractivity contribution < 1.29 is 22.6 Å². The van der Waals surface area contributed by atoms with Gasteiger partial charge in [0.25, 0.3) is 5.19 Å². The molecule has 1 heterocycles. The van der Waals surface area contributed by atoms with Crippen molar-refractivity contribution >= 4 is 28.6 Å². The van der Waals surface area contributed by atoms with Gasteiger partial charge in [-0.15, -0.1) is 5.10 Å². The molecule has 0 radical (unpaired) electrons. The van der Waals surface area contributed by atoms with E-state index in [9.17, 15) is 13.2 Å². The van der Waals surface area contributed by atoms with Crippen molar-refractivity contribution in [2.45, 2.75) is 13.5 Å². The lowest BCUT2D eigenvalue weighted by Crippen LogP contribution is -2.11. The predicted molar refractivity (Wildman–Crippen MR) is 75.5 cm³/mol. The van der Waals surface area contributed by atoms with Crippen LogP contribution in [-0.4, -0.2) is 23.0 Å². The van der Waals surface area contributed by atoms with Gasteiger partial charge in [0.05, 0.1) is 11.6 Å². The Bertz CT molecular complexity index is 733. The molecule has 1 aromatic heterocycles. The lowest BCUT2D eigenvalue weighted by atomic mass is 10.3. The summed E-state index contributed by atoms with van der Waals surface area (Å²) in [5.41, 5.74) is -0.0457. The number of aromatic nitrogens is 2. The molecule has 0 atom stereocenters. The Balaban J connectivity index is 2.44. The highest BCUT2D eigenvalue weighted by atomic mass is 35.5. The topological polar surface area (TPSA) is 48.6 Å². The minimum Gasteiger partial charge on any atom is -0.492 e. The molecule has 120 valence electrons. The molecule has 22 heavy (non-hydrogen) atoms. The molecular weight excluding hydrogens is 343 g/mol. The van der Waals surface area contributed by atoms with E-state index in [-0.39, 0.29) is 26.5 Å². The van der Waals surface area contributed by atoms with Gasteiger partial charge in [0.1, 0.15) is 11.4 Å². The number of ether oxygens (including phenoxy) is 2. The maximum Gasteiger partial charge on any atom is 0.389 e. The molecule has 0 N–H and O–H groups in total. The quantitative estimate of drug-likeness (QED) is 0.826. The Kier molecular flexibility index (Phi) is 5.30. The van der Waals surface area contributed by atoms with Crippen molar-refractivity contribution in [1.29, 1.82) is 0 Å². The Labute approximate surface area is 132 Å². The SMILES string of the molecule is CCOc1cc(N=c2sc(OC(F)F)nn2C)c(F)cc1Cl. The molecule has 10 heteroatoms. The van der Waals surface area contributed by atoms with Crippen LogP contribution in [0.2, 0.25) is 5.02 Å². The molecule has 0 saturated carbocycles. The normalized spacial score (nSPS) is 12.0. The van der Waals surface area contributed by atoms with Crippen molar-refractivity contribution in [3.8, 4) is 10.9 Å². The molecule has 0 saturated heterocycles. The third kappa shape index (κ3) is 3.92. The van der Waals surface area contributed by atoms with E-state index < -0.39 is 12.4 Å². The highest BCUT2D eigenvalue weighted by Crippen LogP contribution is 2.32. The average molecular weight is 354 g/mol. The van der Waals surface area contributed by atoms with Gasteiger partial charge in [-0.05, 0) is 24.3 Å². The van der Waals surface area contributed by atoms with E-state index in [2.05, 4.69) is 14.8 Å². The molecule has 0 aliphatic heterocycles. The summed E-state index contributed by atoms with van der Waals surface area (Å²) >= 11 is 6.61. The fourth-order valence-electron chi connectivity index (χ4n) is 1.52. The summed E-state index contributed by atoms with van der Waals surface area (Å²) < 4.78 is 48.8. The maximum absolute atomic E-state index is 13.9. The number of hydrogen-bond donors (Lipinski definition) is 0. The van der Waals surface area contributed by atoms with E-state index in [0.29, 0.717) is 6.61 Å². The number of nitrogens with zero attached hydrogens (tertiary/aromatic N) is 3. The molecule has 2 aromatic rings. The van der Waals surface area contributed by atoms with Crippen molar-refractivity contribution in [2.24, 2.45) is 12.0 Å². The van der Waals surface area contributed by atoms with Gasteiger partial charge in [-0.1, -0.05) is 11.6 Å². The first kappa shape index (κ1) is 16.6. The average Bonchev–Trinajstić information content (AvgIpc) is 2.74. The van der Waals surface area contributed by atoms with E-state index in [4.69, 9.17) is 16.3 Å². The molecular formula is C12H11ClF3N3O2S. The first-order chi connectivity index (χ1) is 10.4. The number of hydrogen-bond acceptors (Lipinski definition) is 5. The molecule has 5 nitrogen and oxygen atoms in total. The first-order valence-electron chi connectivity index (χ1n) is 6.06. The smallest absolute Gasteiger partial charge is 0.389 e. The van der Waals surface area contributed by atoms with E-state index in [1.807, 2.05) is 0 Å². The molecule has 0 unspecified atom stereocenters. The largest absolute Gasteiger partial charge is 0.492 e. The van der Waals surface area contributed by atoms with E-state index >= 15 is 0 Å². The zero-order valence-electron chi connectivity index (χ0n) is 11.5. The summed E-state index contributed by atoms with van der Waals surface area (Å²) in [6, 6.07) is 2.40. The Morgan fingerprint density at radius 3 is 2.82 bits per heavy atom. The van der Waals surface area contributed by atoms with Crippen LogP contribution in [0.25, 0.3) is 0 Å². The minimum atomic E-state index is -2.99. The highest BCUT2D eigenvalue weighted by molar-refractivity contribution is 7.10. The van der Waals surface area contributed by atoms with Gasteiger partial charge in [0.15, 0.2) is 5.82 Å². The third-order valence-electron chi connectivity index (χ3n) is 2.39. The van der Waals surface area contributed by atoms with Crippen LogP contribution in [0.15, 0.2) is 17.1 Å². The summed E-state index contributed by atoms with van der Waals surface area (Å²) in [6.07, 6.45) is 0. The van der Waals surface area contributed by atoms with Crippen LogP contribution < -0.4 is 14.3 Å². The molecule has 2 rings (SSSR count). The van der Waals surface area contributed by atoms with Crippen LogP contribution in [0.1, 0.15) is 6.92 Å². The molecule has 0 bridgehead atoms. The number of aryl methyl sites for hydroxylation is 1. The van der Waals surface area contributed by atoms with Crippen LogP contribution in [-0.2, 0) is 7.05 Å². The summed E-state index contributed by atoms with van der Waals surface area (Å²) in [7, 11) is 1.48. The number of alkyl halides is 2. The van der Waals surface area contributed by atoms with Crippen LogP contribution in [0.3, 0.4) is 0 Å². The van der Waals surface area contributed by atoms with Crippen LogP contribution in [0.4, 0.5) is 18.9 Å². The van der Waals surface area contributed by atoms with Gasteiger partial charge < -0.3 is 9.47 Å². The predicted octanol–water partition coefficient (Wildman–Crippen LogP) is 3.51. The second-order valence-electron chi connectivity index (χ2n) is 3.93. The monoisotopic (exact) mass is 353 g/mol. The van der Waals surface area contributed by atoms with Gasteiger partial charge >= 0.3 is 6.61 Å². The summed E-state index contributed by atoms with van der Waals surface area (Å²) in [4.78, 5) is 4.21. The highest BCUT2D eigenvalue weighted by Gasteiger charge is 2.12. The summed E-state index contributed by atoms with van der Waals surface area (Å²) in [5.74, 6) is -0.390. The zero-order valence-corrected chi connectivity index (χ0v) is 13.1. The van der Waals surface area contributed by atoms with Crippen molar-refractivity contribution in [3.05, 3.63) is 27.8 Å². The molecule has 0 aliphatic carbocycles. The second-order valence-corrected chi connectivity index (χ2v) is 5.26. The van der Waals surface area contributed by atoms with Gasteiger partial charge in [-0.25, -0.2) is 14.1 Å². The van der Waals surface area contributed by atoms with Crippen LogP contribution in [0.5, 0.6) is 10.9 Å². The lowest BCUT2D eigenvalue weighted by molar-refractivity contribution is -0.0506. The van der Waals surface area contributed by atoms with Gasteiger partial charge in [-0.3, -0.25) is 0 Å². The Hall–Kier alpha value is -1.74. The molecule has 0 amide bonds. The molecule has 1 aromatic carbocycles. The summed E-state index contributed by atoms with van der Waals surface area (Å²) in [6.45, 7) is -0.880. The fourth-order valence-corrected chi connectivity index (χ4v) is 2.48. The second kappa shape index (κ2) is 7.01. The summed E-state index contributed by atoms with van der Waals surface area (Å²) in [5, 5.41) is 3.56. The first-order valence-corrected chi connectivity index (χ1v) is 7.25. The number of benzene rings is 1. The number of halogens is 4. The zero-order chi connectivity index (χ0) is 16.3. The minimum absolute atomic E-state index is 0.0457. The molecule has 0 aliphatic rings. The van der Waals surface area contributed by atoms with Gasteiger partial charge in [0, 0.05) is 13.1 Å². The van der Waals surface area contributed by atoms with Crippen molar-refractivity contribution in [1.82, 2.24) is 9.78 Å². The molecule has 0 spiro atoms. The van der Waals surface area contributed by atoms with Gasteiger partial charge in [-0.2, -0.15) is 8.78 Å². The molecule has 0 fully saturated rings. The maximum atomic E-state index is 13.9. The van der Waals surface area contributed by atoms with E-state index in [1.165, 1.54) is 17.8 Å². The van der Waals surface area contributed by atoms with E-state index in [1.54, 1.807) is 6.92 Å². The van der Waals surface area contributed by atoms with E-state index in [0.717, 1.165) is 17.4 Å².